The Hall–Kier alpha value is -1.59. The normalized spacial score (nSPS) is 36.1. The number of esters is 3. The minimum Gasteiger partial charge on any atom is -0.468 e. The Kier molecular flexibility index (Phi) is 2.64. The second-order valence-electron chi connectivity index (χ2n) is 5.04. The van der Waals surface area contributed by atoms with Crippen LogP contribution in [0.3, 0.4) is 0 Å². The molecular weight excluding hydrogens is 240 g/mol. The van der Waals surface area contributed by atoms with Gasteiger partial charge in [-0.25, -0.2) is 0 Å². The van der Waals surface area contributed by atoms with Crippen molar-refractivity contribution in [2.45, 2.75) is 25.9 Å². The number of carbonyl (C=O) groups is 3. The molecule has 1 aliphatic carbocycles. The van der Waals surface area contributed by atoms with Gasteiger partial charge in [0.1, 0.15) is 5.60 Å². The van der Waals surface area contributed by atoms with Crippen molar-refractivity contribution in [1.82, 2.24) is 0 Å². The van der Waals surface area contributed by atoms with Crippen LogP contribution in [-0.4, -0.2) is 37.7 Å². The number of rotatable bonds is 2. The van der Waals surface area contributed by atoms with Gasteiger partial charge in [0.15, 0.2) is 5.41 Å². The Morgan fingerprint density at radius 3 is 2.11 bits per heavy atom. The number of carbonyl (C=O) groups excluding carboxylic acids is 3. The van der Waals surface area contributed by atoms with Crippen molar-refractivity contribution >= 4 is 17.9 Å². The Labute approximate surface area is 105 Å². The van der Waals surface area contributed by atoms with Crippen molar-refractivity contribution in [3.05, 3.63) is 0 Å². The molecule has 3 atom stereocenters. The molecule has 1 heterocycles. The molecule has 0 radical (unpaired) electrons. The fourth-order valence-electron chi connectivity index (χ4n) is 3.17. The average molecular weight is 256 g/mol. The van der Waals surface area contributed by atoms with E-state index in [1.807, 2.05) is 0 Å². The zero-order chi connectivity index (χ0) is 13.7. The van der Waals surface area contributed by atoms with Gasteiger partial charge < -0.3 is 14.2 Å². The van der Waals surface area contributed by atoms with Gasteiger partial charge in [-0.1, -0.05) is 6.92 Å². The maximum atomic E-state index is 12.0. The van der Waals surface area contributed by atoms with E-state index in [-0.39, 0.29) is 12.4 Å². The van der Waals surface area contributed by atoms with Gasteiger partial charge in [-0.3, -0.25) is 14.4 Å². The molecule has 6 nitrogen and oxygen atoms in total. The first kappa shape index (κ1) is 12.9. The topological polar surface area (TPSA) is 78.9 Å². The van der Waals surface area contributed by atoms with Gasteiger partial charge in [-0.15, -0.1) is 0 Å². The summed E-state index contributed by atoms with van der Waals surface area (Å²) >= 11 is 0. The number of methoxy groups -OCH3 is 2. The molecule has 1 saturated heterocycles. The van der Waals surface area contributed by atoms with E-state index in [1.54, 1.807) is 13.8 Å². The van der Waals surface area contributed by atoms with E-state index in [9.17, 15) is 14.4 Å². The molecule has 18 heavy (non-hydrogen) atoms. The summed E-state index contributed by atoms with van der Waals surface area (Å²) in [5.74, 6) is -2.65. The summed E-state index contributed by atoms with van der Waals surface area (Å²) in [6.07, 6.45) is 0.0862. The number of hydrogen-bond acceptors (Lipinski definition) is 6. The van der Waals surface area contributed by atoms with Gasteiger partial charge >= 0.3 is 17.9 Å². The molecule has 0 aromatic carbocycles. The fraction of sp³-hybridized carbons (Fsp3) is 0.750. The molecular formula is C12H16O6. The van der Waals surface area contributed by atoms with E-state index < -0.39 is 34.8 Å². The van der Waals surface area contributed by atoms with Gasteiger partial charge in [0.2, 0.25) is 0 Å². The first-order chi connectivity index (χ1) is 8.34. The second-order valence-corrected chi connectivity index (χ2v) is 5.04. The lowest BCUT2D eigenvalue weighted by Crippen LogP contribution is -2.56. The van der Waals surface area contributed by atoms with E-state index in [1.165, 1.54) is 14.2 Å². The van der Waals surface area contributed by atoms with Crippen molar-refractivity contribution in [3.8, 4) is 0 Å². The van der Waals surface area contributed by atoms with E-state index >= 15 is 0 Å². The van der Waals surface area contributed by atoms with Crippen molar-refractivity contribution in [3.63, 3.8) is 0 Å². The third-order valence-corrected chi connectivity index (χ3v) is 4.52. The molecule has 0 aromatic heterocycles. The van der Waals surface area contributed by atoms with E-state index in [0.29, 0.717) is 0 Å². The number of hydrogen-bond donors (Lipinski definition) is 0. The van der Waals surface area contributed by atoms with E-state index in [4.69, 9.17) is 14.2 Å². The predicted octanol–water partition coefficient (Wildman–Crippen LogP) is 0.290. The summed E-state index contributed by atoms with van der Waals surface area (Å²) in [5.41, 5.74) is -2.24. The molecule has 1 unspecified atom stereocenters. The SMILES string of the molecule is COC(=O)C1(C(=O)OC)C[C@@H]2C(=O)O[C@]2(C)C1C. The molecule has 0 amide bonds. The third kappa shape index (κ3) is 1.20. The molecule has 0 aromatic rings. The van der Waals surface area contributed by atoms with Crippen LogP contribution in [0.2, 0.25) is 0 Å². The maximum Gasteiger partial charge on any atom is 0.323 e. The Morgan fingerprint density at radius 2 is 1.78 bits per heavy atom. The van der Waals surface area contributed by atoms with Gasteiger partial charge in [0.05, 0.1) is 20.1 Å². The molecule has 100 valence electrons. The highest BCUT2D eigenvalue weighted by Gasteiger charge is 2.74. The van der Waals surface area contributed by atoms with Crippen LogP contribution >= 0.6 is 0 Å². The minimum absolute atomic E-state index is 0.0862. The van der Waals surface area contributed by atoms with Crippen LogP contribution in [0.5, 0.6) is 0 Å². The number of fused-ring (bicyclic) bond motifs is 1. The summed E-state index contributed by atoms with van der Waals surface area (Å²) in [6, 6.07) is 0. The summed E-state index contributed by atoms with van der Waals surface area (Å²) < 4.78 is 14.6. The van der Waals surface area contributed by atoms with Crippen LogP contribution < -0.4 is 0 Å². The Morgan fingerprint density at radius 1 is 1.28 bits per heavy atom. The van der Waals surface area contributed by atoms with Crippen molar-refractivity contribution in [2.75, 3.05) is 14.2 Å². The highest BCUT2D eigenvalue weighted by molar-refractivity contribution is 6.03. The lowest BCUT2D eigenvalue weighted by molar-refractivity contribution is -0.211. The molecule has 0 bridgehead atoms. The molecule has 1 saturated carbocycles. The monoisotopic (exact) mass is 256 g/mol. The molecule has 2 fully saturated rings. The highest BCUT2D eigenvalue weighted by Crippen LogP contribution is 2.60. The van der Waals surface area contributed by atoms with Crippen molar-refractivity contribution < 1.29 is 28.6 Å². The first-order valence-corrected chi connectivity index (χ1v) is 5.74. The van der Waals surface area contributed by atoms with Crippen molar-refractivity contribution in [2.24, 2.45) is 17.3 Å². The third-order valence-electron chi connectivity index (χ3n) is 4.52. The van der Waals surface area contributed by atoms with E-state index in [2.05, 4.69) is 0 Å². The minimum atomic E-state index is -1.45. The second kappa shape index (κ2) is 3.70. The molecule has 2 aliphatic rings. The van der Waals surface area contributed by atoms with E-state index in [0.717, 1.165) is 0 Å². The molecule has 2 rings (SSSR count). The zero-order valence-electron chi connectivity index (χ0n) is 10.8. The van der Waals surface area contributed by atoms with Crippen LogP contribution in [0, 0.1) is 17.3 Å². The van der Waals surface area contributed by atoms with Gasteiger partial charge in [0, 0.05) is 5.92 Å². The Balaban J connectivity index is 2.47. The standard InChI is InChI=1S/C12H16O6/c1-6-11(2)7(8(13)18-11)5-12(6,9(14)16-3)10(15)17-4/h6-7H,5H2,1-4H3/t6?,7-,11-/m1/s1. The lowest BCUT2D eigenvalue weighted by atomic mass is 9.74. The van der Waals surface area contributed by atoms with Crippen LogP contribution in [0.15, 0.2) is 0 Å². The van der Waals surface area contributed by atoms with Crippen LogP contribution in [-0.2, 0) is 28.6 Å². The van der Waals surface area contributed by atoms with Crippen LogP contribution in [0.1, 0.15) is 20.3 Å². The van der Waals surface area contributed by atoms with Gasteiger partial charge in [-0.2, -0.15) is 0 Å². The van der Waals surface area contributed by atoms with Gasteiger partial charge in [-0.05, 0) is 13.3 Å². The summed E-state index contributed by atoms with van der Waals surface area (Å²) in [4.78, 5) is 35.5. The van der Waals surface area contributed by atoms with Gasteiger partial charge in [0.25, 0.3) is 0 Å². The predicted molar refractivity (Wildman–Crippen MR) is 58.2 cm³/mol. The number of ether oxygens (including phenoxy) is 3. The van der Waals surface area contributed by atoms with Crippen LogP contribution in [0.25, 0.3) is 0 Å². The molecule has 0 N–H and O–H groups in total. The summed E-state index contributed by atoms with van der Waals surface area (Å²) in [5, 5.41) is 0. The van der Waals surface area contributed by atoms with Crippen LogP contribution in [0.4, 0.5) is 0 Å². The first-order valence-electron chi connectivity index (χ1n) is 5.74. The molecule has 0 spiro atoms. The summed E-state index contributed by atoms with van der Waals surface area (Å²) in [6.45, 7) is 3.44. The summed E-state index contributed by atoms with van der Waals surface area (Å²) in [7, 11) is 2.43. The fourth-order valence-corrected chi connectivity index (χ4v) is 3.17. The largest absolute Gasteiger partial charge is 0.468 e. The highest BCUT2D eigenvalue weighted by atomic mass is 16.6. The molecule has 6 heteroatoms. The average Bonchev–Trinajstić information content (AvgIpc) is 2.54. The zero-order valence-corrected chi connectivity index (χ0v) is 10.8. The maximum absolute atomic E-state index is 12.0. The smallest absolute Gasteiger partial charge is 0.323 e. The molecule has 1 aliphatic heterocycles. The Bertz CT molecular complexity index is 412. The lowest BCUT2D eigenvalue weighted by Gasteiger charge is -2.43. The quantitative estimate of drug-likeness (QED) is 0.401. The van der Waals surface area contributed by atoms with Crippen molar-refractivity contribution in [1.29, 1.82) is 0 Å².